The summed E-state index contributed by atoms with van der Waals surface area (Å²) in [5, 5.41) is 3.00. The van der Waals surface area contributed by atoms with Gasteiger partial charge in [-0.25, -0.2) is 0 Å². The Balaban J connectivity index is 4.16. The average Bonchev–Trinajstić information content (AvgIpc) is 2.30. The van der Waals surface area contributed by atoms with Gasteiger partial charge >= 0.3 is 0 Å². The Morgan fingerprint density at radius 1 is 1.33 bits per heavy atom. The van der Waals surface area contributed by atoms with E-state index in [-0.39, 0.29) is 17.2 Å². The fourth-order valence-corrected chi connectivity index (χ4v) is 1.84. The monoisotopic (exact) mass is 233 g/mol. The first-order chi connectivity index (χ1) is 7.05. The van der Waals surface area contributed by atoms with Gasteiger partial charge in [0.1, 0.15) is 0 Å². The third-order valence-electron chi connectivity index (χ3n) is 3.48. The van der Waals surface area contributed by atoms with Crippen molar-refractivity contribution in [2.24, 2.45) is 11.3 Å². The van der Waals surface area contributed by atoms with Crippen LogP contribution in [-0.4, -0.2) is 18.3 Å². The molecule has 1 unspecified atom stereocenters. The molecule has 0 rings (SSSR count). The van der Waals surface area contributed by atoms with Crippen LogP contribution in [-0.2, 0) is 4.79 Å². The van der Waals surface area contributed by atoms with E-state index < -0.39 is 0 Å². The number of rotatable bonds is 7. The molecule has 0 aromatic carbocycles. The predicted molar refractivity (Wildman–Crippen MR) is 66.2 cm³/mol. The van der Waals surface area contributed by atoms with Gasteiger partial charge in [0.05, 0.1) is 0 Å². The SMILES string of the molecule is CCC(C)C(=O)NCC(CC)(CC)CCl. The van der Waals surface area contributed by atoms with E-state index in [9.17, 15) is 4.79 Å². The van der Waals surface area contributed by atoms with Gasteiger partial charge in [0.25, 0.3) is 0 Å². The second-order valence-electron chi connectivity index (χ2n) is 4.37. The molecule has 0 aliphatic rings. The van der Waals surface area contributed by atoms with Gasteiger partial charge in [0, 0.05) is 23.8 Å². The zero-order valence-corrected chi connectivity index (χ0v) is 11.2. The van der Waals surface area contributed by atoms with Crippen LogP contribution in [0, 0.1) is 11.3 Å². The maximum Gasteiger partial charge on any atom is 0.222 e. The van der Waals surface area contributed by atoms with Crippen LogP contribution in [0.2, 0.25) is 0 Å². The van der Waals surface area contributed by atoms with Crippen molar-refractivity contribution in [2.45, 2.75) is 47.0 Å². The molecule has 0 saturated carbocycles. The van der Waals surface area contributed by atoms with Gasteiger partial charge in [-0.05, 0) is 19.3 Å². The van der Waals surface area contributed by atoms with Gasteiger partial charge < -0.3 is 5.32 Å². The molecule has 0 aromatic rings. The van der Waals surface area contributed by atoms with Gasteiger partial charge in [-0.15, -0.1) is 11.6 Å². The minimum atomic E-state index is 0.0741. The molecule has 0 aliphatic heterocycles. The number of carbonyl (C=O) groups is 1. The molecule has 0 aromatic heterocycles. The van der Waals surface area contributed by atoms with Crippen LogP contribution in [0.5, 0.6) is 0 Å². The molecule has 3 heteroatoms. The zero-order chi connectivity index (χ0) is 11.9. The second kappa shape index (κ2) is 7.10. The Labute approximate surface area is 98.8 Å². The summed E-state index contributed by atoms with van der Waals surface area (Å²) in [5.41, 5.74) is 0.0741. The van der Waals surface area contributed by atoms with Crippen molar-refractivity contribution in [3.05, 3.63) is 0 Å². The molecule has 0 fully saturated rings. The summed E-state index contributed by atoms with van der Waals surface area (Å²) in [6, 6.07) is 0. The highest BCUT2D eigenvalue weighted by molar-refractivity contribution is 6.18. The first-order valence-corrected chi connectivity index (χ1v) is 6.42. The maximum atomic E-state index is 11.6. The standard InChI is InChI=1S/C12H24ClNO/c1-5-10(4)11(15)14-9-12(6-2,7-3)8-13/h10H,5-9H2,1-4H3,(H,14,15). The second-order valence-corrected chi connectivity index (χ2v) is 4.64. The molecule has 1 N–H and O–H groups in total. The number of hydrogen-bond donors (Lipinski definition) is 1. The first-order valence-electron chi connectivity index (χ1n) is 5.88. The molecular weight excluding hydrogens is 210 g/mol. The van der Waals surface area contributed by atoms with Gasteiger partial charge in [0.2, 0.25) is 5.91 Å². The van der Waals surface area contributed by atoms with E-state index in [0.29, 0.717) is 12.4 Å². The lowest BCUT2D eigenvalue weighted by Crippen LogP contribution is -2.40. The molecule has 2 nitrogen and oxygen atoms in total. The highest BCUT2D eigenvalue weighted by Gasteiger charge is 2.26. The highest BCUT2D eigenvalue weighted by Crippen LogP contribution is 2.26. The fraction of sp³-hybridized carbons (Fsp3) is 0.917. The first kappa shape index (κ1) is 14.8. The topological polar surface area (TPSA) is 29.1 Å². The Bertz CT molecular complexity index is 182. The number of halogens is 1. The Morgan fingerprint density at radius 3 is 2.20 bits per heavy atom. The zero-order valence-electron chi connectivity index (χ0n) is 10.4. The fourth-order valence-electron chi connectivity index (χ4n) is 1.37. The molecular formula is C12H24ClNO. The molecule has 0 radical (unpaired) electrons. The van der Waals surface area contributed by atoms with Crippen molar-refractivity contribution in [2.75, 3.05) is 12.4 Å². The van der Waals surface area contributed by atoms with Crippen LogP contribution < -0.4 is 5.32 Å². The van der Waals surface area contributed by atoms with Crippen molar-refractivity contribution in [3.63, 3.8) is 0 Å². The lowest BCUT2D eigenvalue weighted by atomic mass is 9.84. The van der Waals surface area contributed by atoms with E-state index in [4.69, 9.17) is 11.6 Å². The van der Waals surface area contributed by atoms with E-state index in [1.54, 1.807) is 0 Å². The normalized spacial score (nSPS) is 13.7. The van der Waals surface area contributed by atoms with E-state index in [2.05, 4.69) is 19.2 Å². The minimum Gasteiger partial charge on any atom is -0.355 e. The maximum absolute atomic E-state index is 11.6. The summed E-state index contributed by atoms with van der Waals surface area (Å²) >= 11 is 5.97. The number of nitrogens with one attached hydrogen (secondary N) is 1. The molecule has 90 valence electrons. The predicted octanol–water partition coefficient (Wildman–Crippen LogP) is 3.19. The van der Waals surface area contributed by atoms with Gasteiger partial charge in [0.15, 0.2) is 0 Å². The Morgan fingerprint density at radius 2 is 1.87 bits per heavy atom. The van der Waals surface area contributed by atoms with Crippen LogP contribution in [0.4, 0.5) is 0 Å². The van der Waals surface area contributed by atoms with Gasteiger partial charge in [-0.1, -0.05) is 27.7 Å². The summed E-state index contributed by atoms with van der Waals surface area (Å²) in [5.74, 6) is 0.862. The van der Waals surface area contributed by atoms with Crippen LogP contribution >= 0.6 is 11.6 Å². The van der Waals surface area contributed by atoms with Crippen molar-refractivity contribution in [1.82, 2.24) is 5.32 Å². The van der Waals surface area contributed by atoms with Crippen molar-refractivity contribution >= 4 is 17.5 Å². The molecule has 15 heavy (non-hydrogen) atoms. The summed E-state index contributed by atoms with van der Waals surface area (Å²) in [7, 11) is 0. The quantitative estimate of drug-likeness (QED) is 0.673. The molecule has 0 aliphatic carbocycles. The summed E-state index contributed by atoms with van der Waals surface area (Å²) in [6.45, 7) is 8.93. The third kappa shape index (κ3) is 4.42. The molecule has 0 heterocycles. The third-order valence-corrected chi connectivity index (χ3v) is 4.05. The summed E-state index contributed by atoms with van der Waals surface area (Å²) in [4.78, 5) is 11.6. The molecule has 0 bridgehead atoms. The van der Waals surface area contributed by atoms with Crippen molar-refractivity contribution in [1.29, 1.82) is 0 Å². The van der Waals surface area contributed by atoms with E-state index in [0.717, 1.165) is 19.3 Å². The Kier molecular flexibility index (Phi) is 6.99. The summed E-state index contributed by atoms with van der Waals surface area (Å²) in [6.07, 6.45) is 2.90. The van der Waals surface area contributed by atoms with E-state index in [1.165, 1.54) is 0 Å². The number of carbonyl (C=O) groups excluding carboxylic acids is 1. The average molecular weight is 234 g/mol. The molecule has 1 atom stereocenters. The molecule has 0 spiro atoms. The number of alkyl halides is 1. The number of hydrogen-bond acceptors (Lipinski definition) is 1. The van der Waals surface area contributed by atoms with Crippen molar-refractivity contribution < 1.29 is 4.79 Å². The Hall–Kier alpha value is -0.240. The van der Waals surface area contributed by atoms with Crippen LogP contribution in [0.3, 0.4) is 0 Å². The lowest BCUT2D eigenvalue weighted by molar-refractivity contribution is -0.125. The lowest BCUT2D eigenvalue weighted by Gasteiger charge is -2.29. The highest BCUT2D eigenvalue weighted by atomic mass is 35.5. The van der Waals surface area contributed by atoms with Crippen LogP contribution in [0.25, 0.3) is 0 Å². The molecule has 1 amide bonds. The van der Waals surface area contributed by atoms with Gasteiger partial charge in [-0.3, -0.25) is 4.79 Å². The number of amides is 1. The largest absolute Gasteiger partial charge is 0.355 e. The van der Waals surface area contributed by atoms with Crippen LogP contribution in [0.1, 0.15) is 47.0 Å². The van der Waals surface area contributed by atoms with E-state index >= 15 is 0 Å². The summed E-state index contributed by atoms with van der Waals surface area (Å²) < 4.78 is 0. The van der Waals surface area contributed by atoms with Crippen molar-refractivity contribution in [3.8, 4) is 0 Å². The van der Waals surface area contributed by atoms with Gasteiger partial charge in [-0.2, -0.15) is 0 Å². The van der Waals surface area contributed by atoms with E-state index in [1.807, 2.05) is 13.8 Å². The molecule has 0 saturated heterocycles. The smallest absolute Gasteiger partial charge is 0.222 e. The van der Waals surface area contributed by atoms with Crippen LogP contribution in [0.15, 0.2) is 0 Å². The minimum absolute atomic E-state index is 0.0741.